The molecule has 10 heteroatoms. The molecule has 1 saturated heterocycles. The van der Waals surface area contributed by atoms with Gasteiger partial charge in [-0.3, -0.25) is 4.90 Å². The summed E-state index contributed by atoms with van der Waals surface area (Å²) >= 11 is 0. The number of carbonyl (C=O) groups excluding carboxylic acids is 1. The van der Waals surface area contributed by atoms with Gasteiger partial charge in [0.05, 0.1) is 6.61 Å². The molecule has 0 saturated carbocycles. The van der Waals surface area contributed by atoms with Crippen molar-refractivity contribution in [1.82, 2.24) is 14.9 Å². The number of carbonyl (C=O) groups is 1. The second kappa shape index (κ2) is 12.3. The molecule has 190 valence electrons. The van der Waals surface area contributed by atoms with Crippen LogP contribution in [-0.2, 0) is 0 Å². The summed E-state index contributed by atoms with van der Waals surface area (Å²) in [6, 6.07) is 11.9. The third kappa shape index (κ3) is 7.11. The number of likely N-dealkylation sites (tertiary alicyclic amines) is 1. The van der Waals surface area contributed by atoms with E-state index >= 15 is 0 Å². The average molecular weight is 498 g/mol. The Kier molecular flexibility index (Phi) is 8.62. The lowest BCUT2D eigenvalue weighted by Crippen LogP contribution is -2.31. The third-order valence-corrected chi connectivity index (χ3v) is 5.78. The van der Waals surface area contributed by atoms with Crippen LogP contribution < -0.4 is 19.7 Å². The molecule has 1 aliphatic rings. The van der Waals surface area contributed by atoms with Crippen LogP contribution in [0, 0.1) is 11.6 Å². The lowest BCUT2D eigenvalue weighted by atomic mass is 10.1. The van der Waals surface area contributed by atoms with Crippen molar-refractivity contribution in [2.24, 2.45) is 0 Å². The monoisotopic (exact) mass is 497 g/mol. The van der Waals surface area contributed by atoms with Gasteiger partial charge in [0, 0.05) is 37.6 Å². The van der Waals surface area contributed by atoms with Crippen LogP contribution in [0.3, 0.4) is 0 Å². The number of hydrogen-bond acceptors (Lipinski definition) is 7. The summed E-state index contributed by atoms with van der Waals surface area (Å²) in [5, 5.41) is 3.10. The molecule has 36 heavy (non-hydrogen) atoms. The van der Waals surface area contributed by atoms with E-state index in [4.69, 9.17) is 9.47 Å². The highest BCUT2D eigenvalue weighted by atomic mass is 19.2. The molecule has 8 nitrogen and oxygen atoms in total. The van der Waals surface area contributed by atoms with E-state index in [-0.39, 0.29) is 17.5 Å². The van der Waals surface area contributed by atoms with Crippen molar-refractivity contribution in [2.75, 3.05) is 43.5 Å². The van der Waals surface area contributed by atoms with Gasteiger partial charge in [0.15, 0.2) is 11.6 Å². The Morgan fingerprint density at radius 3 is 2.69 bits per heavy atom. The standard InChI is InChI=1S/C26H29F2N5O3/c1-32(26(34)36-21-9-10-22(27)23(28)18-21)24-11-12-29-25(31-24)30-19-7-5-8-20(17-19)35-16-6-15-33-13-3-2-4-14-33/h5,7-12,17-18H,2-4,6,13-16H2,1H3,(H,29,30,31). The van der Waals surface area contributed by atoms with Crippen molar-refractivity contribution >= 4 is 23.5 Å². The number of benzene rings is 2. The number of hydrogen-bond donors (Lipinski definition) is 1. The maximum atomic E-state index is 13.4. The largest absolute Gasteiger partial charge is 0.493 e. The van der Waals surface area contributed by atoms with Gasteiger partial charge in [0.25, 0.3) is 0 Å². The van der Waals surface area contributed by atoms with Crippen LogP contribution >= 0.6 is 0 Å². The molecular formula is C26H29F2N5O3. The van der Waals surface area contributed by atoms with Crippen LogP contribution in [0.5, 0.6) is 11.5 Å². The smallest absolute Gasteiger partial charge is 0.420 e. The third-order valence-electron chi connectivity index (χ3n) is 5.78. The van der Waals surface area contributed by atoms with Gasteiger partial charge in [-0.25, -0.2) is 18.6 Å². The van der Waals surface area contributed by atoms with Gasteiger partial charge >= 0.3 is 6.09 Å². The summed E-state index contributed by atoms with van der Waals surface area (Å²) in [5.74, 6) is -0.994. The summed E-state index contributed by atoms with van der Waals surface area (Å²) in [4.78, 5) is 24.6. The maximum Gasteiger partial charge on any atom is 0.420 e. The number of nitrogens with zero attached hydrogens (tertiary/aromatic N) is 4. The summed E-state index contributed by atoms with van der Waals surface area (Å²) < 4.78 is 37.5. The number of nitrogens with one attached hydrogen (secondary N) is 1. The topological polar surface area (TPSA) is 79.8 Å². The van der Waals surface area contributed by atoms with Crippen molar-refractivity contribution in [1.29, 1.82) is 0 Å². The molecule has 0 unspecified atom stereocenters. The maximum absolute atomic E-state index is 13.4. The lowest BCUT2D eigenvalue weighted by molar-refractivity contribution is 0.205. The highest BCUT2D eigenvalue weighted by Crippen LogP contribution is 2.22. The molecule has 0 atom stereocenters. The fourth-order valence-corrected chi connectivity index (χ4v) is 3.85. The van der Waals surface area contributed by atoms with E-state index in [0.29, 0.717) is 6.61 Å². The van der Waals surface area contributed by atoms with Crippen LogP contribution in [0.15, 0.2) is 54.7 Å². The zero-order valence-corrected chi connectivity index (χ0v) is 20.1. The summed E-state index contributed by atoms with van der Waals surface area (Å²) in [6.07, 6.45) is 5.54. The van der Waals surface area contributed by atoms with Gasteiger partial charge in [-0.2, -0.15) is 4.98 Å². The van der Waals surface area contributed by atoms with Crippen molar-refractivity contribution in [2.45, 2.75) is 25.7 Å². The Bertz CT molecular complexity index is 1170. The van der Waals surface area contributed by atoms with E-state index in [0.717, 1.165) is 41.4 Å². The first-order valence-electron chi connectivity index (χ1n) is 11.9. The number of aromatic nitrogens is 2. The van der Waals surface area contributed by atoms with Crippen LogP contribution in [0.4, 0.5) is 31.0 Å². The van der Waals surface area contributed by atoms with Gasteiger partial charge in [-0.1, -0.05) is 12.5 Å². The summed E-state index contributed by atoms with van der Waals surface area (Å²) in [5.41, 5.74) is 0.729. The first-order chi connectivity index (χ1) is 17.5. The molecule has 4 rings (SSSR count). The predicted octanol–water partition coefficient (Wildman–Crippen LogP) is 5.39. The van der Waals surface area contributed by atoms with Crippen molar-refractivity contribution < 1.29 is 23.0 Å². The molecule has 0 aliphatic carbocycles. The van der Waals surface area contributed by atoms with Crippen molar-refractivity contribution in [3.05, 3.63) is 66.4 Å². The fourth-order valence-electron chi connectivity index (χ4n) is 3.85. The predicted molar refractivity (Wildman–Crippen MR) is 133 cm³/mol. The molecule has 1 amide bonds. The molecule has 2 heterocycles. The van der Waals surface area contributed by atoms with Gasteiger partial charge in [-0.15, -0.1) is 0 Å². The second-order valence-corrected chi connectivity index (χ2v) is 8.50. The van der Waals surface area contributed by atoms with Crippen LogP contribution in [0.25, 0.3) is 0 Å². The van der Waals surface area contributed by atoms with Gasteiger partial charge in [-0.05, 0) is 62.7 Å². The number of anilines is 3. The average Bonchev–Trinajstić information content (AvgIpc) is 2.89. The van der Waals surface area contributed by atoms with Crippen molar-refractivity contribution in [3.8, 4) is 11.5 Å². The summed E-state index contributed by atoms with van der Waals surface area (Å²) in [6.45, 7) is 4.04. The van der Waals surface area contributed by atoms with Gasteiger partial charge in [0.2, 0.25) is 5.95 Å². The second-order valence-electron chi connectivity index (χ2n) is 8.50. The highest BCUT2D eigenvalue weighted by Gasteiger charge is 2.17. The Balaban J connectivity index is 1.31. The Hall–Kier alpha value is -3.79. The van der Waals surface area contributed by atoms with E-state index in [1.165, 1.54) is 57.7 Å². The molecule has 3 aromatic rings. The van der Waals surface area contributed by atoms with Gasteiger partial charge < -0.3 is 19.7 Å². The number of halogens is 2. The molecular weight excluding hydrogens is 468 g/mol. The lowest BCUT2D eigenvalue weighted by Gasteiger charge is -2.26. The fraction of sp³-hybridized carbons (Fsp3) is 0.346. The minimum absolute atomic E-state index is 0.120. The highest BCUT2D eigenvalue weighted by molar-refractivity contribution is 5.87. The Morgan fingerprint density at radius 2 is 1.89 bits per heavy atom. The molecule has 1 aromatic heterocycles. The Labute approximate surface area is 208 Å². The van der Waals surface area contributed by atoms with E-state index < -0.39 is 17.7 Å². The van der Waals surface area contributed by atoms with Crippen molar-refractivity contribution in [3.63, 3.8) is 0 Å². The van der Waals surface area contributed by atoms with Crippen LogP contribution in [0.2, 0.25) is 0 Å². The van der Waals surface area contributed by atoms with E-state index in [1.807, 2.05) is 24.3 Å². The zero-order valence-electron chi connectivity index (χ0n) is 20.1. The number of amides is 1. The van der Waals surface area contributed by atoms with Crippen LogP contribution in [0.1, 0.15) is 25.7 Å². The molecule has 1 N–H and O–H groups in total. The minimum Gasteiger partial charge on any atom is -0.493 e. The molecule has 1 fully saturated rings. The van der Waals surface area contributed by atoms with E-state index in [9.17, 15) is 13.6 Å². The number of ether oxygens (including phenoxy) is 2. The number of rotatable bonds is 9. The first-order valence-corrected chi connectivity index (χ1v) is 11.9. The molecule has 1 aliphatic heterocycles. The molecule has 0 spiro atoms. The number of piperidine rings is 1. The summed E-state index contributed by atoms with van der Waals surface area (Å²) in [7, 11) is 1.45. The van der Waals surface area contributed by atoms with E-state index in [2.05, 4.69) is 20.2 Å². The molecule has 0 bridgehead atoms. The zero-order chi connectivity index (χ0) is 25.3. The Morgan fingerprint density at radius 1 is 1.06 bits per heavy atom. The normalized spacial score (nSPS) is 13.8. The van der Waals surface area contributed by atoms with Gasteiger partial charge in [0.1, 0.15) is 17.3 Å². The van der Waals surface area contributed by atoms with Crippen LogP contribution in [-0.4, -0.2) is 54.2 Å². The molecule has 0 radical (unpaired) electrons. The van der Waals surface area contributed by atoms with E-state index in [1.54, 1.807) is 0 Å². The quantitative estimate of drug-likeness (QED) is 0.397. The first kappa shape index (κ1) is 25.3. The molecule has 2 aromatic carbocycles. The minimum atomic E-state index is -1.11. The SMILES string of the molecule is CN(C(=O)Oc1ccc(F)c(F)c1)c1ccnc(Nc2cccc(OCCCN3CCCCC3)c2)n1.